The van der Waals surface area contributed by atoms with Crippen molar-refractivity contribution in [3.63, 3.8) is 0 Å². The normalized spacial score (nSPS) is 23.2. The smallest absolute Gasteiger partial charge is 0.238 e. The third kappa shape index (κ3) is 4.10. The van der Waals surface area contributed by atoms with Crippen LogP contribution in [0.5, 0.6) is 0 Å². The van der Waals surface area contributed by atoms with E-state index < -0.39 is 23.4 Å². The van der Waals surface area contributed by atoms with Gasteiger partial charge in [0.15, 0.2) is 11.6 Å². The van der Waals surface area contributed by atoms with Crippen LogP contribution in [0.15, 0.2) is 103 Å². The molecule has 4 aromatic rings. The fourth-order valence-corrected chi connectivity index (χ4v) is 7.78. The summed E-state index contributed by atoms with van der Waals surface area (Å²) in [6.07, 6.45) is 3.01. The summed E-state index contributed by atoms with van der Waals surface area (Å²) < 4.78 is 0. The Hall–Kier alpha value is -4.77. The van der Waals surface area contributed by atoms with Gasteiger partial charge in [0.2, 0.25) is 5.91 Å². The molecule has 1 spiro atoms. The number of hydrogen-bond acceptors (Lipinski definition) is 4. The van der Waals surface area contributed by atoms with Gasteiger partial charge in [0, 0.05) is 28.1 Å². The minimum atomic E-state index is -1.32. The molecular formula is C39H36N2O3. The molecule has 0 unspecified atom stereocenters. The lowest BCUT2D eigenvalue weighted by Gasteiger charge is -2.39. The van der Waals surface area contributed by atoms with E-state index in [1.165, 1.54) is 0 Å². The summed E-state index contributed by atoms with van der Waals surface area (Å²) in [6, 6.07) is 29.3. The lowest BCUT2D eigenvalue weighted by molar-refractivity contribution is -0.121. The van der Waals surface area contributed by atoms with Crippen molar-refractivity contribution in [1.82, 2.24) is 0 Å². The number of Topliss-reactive ketones (excluding diaryl/α,β-unsaturated/α-hetero) is 2. The van der Waals surface area contributed by atoms with Gasteiger partial charge in [-0.05, 0) is 61.1 Å². The van der Waals surface area contributed by atoms with Crippen LogP contribution >= 0.6 is 0 Å². The zero-order valence-electron chi connectivity index (χ0n) is 25.5. The first-order chi connectivity index (χ1) is 21.2. The Balaban J connectivity index is 1.51. The molecule has 44 heavy (non-hydrogen) atoms. The van der Waals surface area contributed by atoms with Gasteiger partial charge in [-0.15, -0.1) is 0 Å². The number of carbonyl (C=O) groups is 3. The number of ketones is 2. The number of anilines is 2. The molecular weight excluding hydrogens is 544 g/mol. The highest BCUT2D eigenvalue weighted by atomic mass is 16.2. The van der Waals surface area contributed by atoms with Crippen LogP contribution in [0.4, 0.5) is 11.4 Å². The second-order valence-electron chi connectivity index (χ2n) is 12.9. The van der Waals surface area contributed by atoms with E-state index >= 15 is 4.79 Å². The molecule has 0 bridgehead atoms. The molecule has 5 heteroatoms. The number of amides is 1. The molecule has 1 N–H and O–H groups in total. The van der Waals surface area contributed by atoms with Gasteiger partial charge < -0.3 is 10.2 Å². The van der Waals surface area contributed by atoms with E-state index in [0.717, 1.165) is 39.9 Å². The summed E-state index contributed by atoms with van der Waals surface area (Å²) >= 11 is 0. The van der Waals surface area contributed by atoms with Crippen LogP contribution in [0.2, 0.25) is 0 Å². The number of benzene rings is 4. The van der Waals surface area contributed by atoms with Crippen molar-refractivity contribution < 1.29 is 14.4 Å². The van der Waals surface area contributed by atoms with Crippen molar-refractivity contribution in [3.8, 4) is 0 Å². The fraction of sp³-hybridized carbons (Fsp3) is 0.256. The van der Waals surface area contributed by atoms with Crippen molar-refractivity contribution in [1.29, 1.82) is 0 Å². The molecule has 1 saturated heterocycles. The highest BCUT2D eigenvalue weighted by Gasteiger charge is 2.70. The number of aryl methyl sites for hydroxylation is 1. The third-order valence-electron chi connectivity index (χ3n) is 9.62. The van der Waals surface area contributed by atoms with Gasteiger partial charge in [-0.3, -0.25) is 14.4 Å². The van der Waals surface area contributed by atoms with Crippen LogP contribution in [0, 0.1) is 18.8 Å². The van der Waals surface area contributed by atoms with Gasteiger partial charge in [-0.2, -0.15) is 0 Å². The lowest BCUT2D eigenvalue weighted by atomic mass is 9.64. The average Bonchev–Trinajstić information content (AvgIpc) is 3.49. The molecule has 3 aliphatic rings. The number of para-hydroxylation sites is 1. The van der Waals surface area contributed by atoms with Crippen LogP contribution in [0.3, 0.4) is 0 Å². The van der Waals surface area contributed by atoms with E-state index in [9.17, 15) is 9.59 Å². The molecule has 0 aromatic heterocycles. The molecule has 3 aliphatic heterocycles. The van der Waals surface area contributed by atoms with Crippen LogP contribution in [-0.4, -0.2) is 29.6 Å². The molecule has 1 amide bonds. The highest BCUT2D eigenvalue weighted by molar-refractivity contribution is 6.18. The van der Waals surface area contributed by atoms with E-state index in [1.54, 1.807) is 12.1 Å². The molecule has 7 rings (SSSR count). The molecule has 220 valence electrons. The monoisotopic (exact) mass is 580 g/mol. The minimum absolute atomic E-state index is 0.168. The number of rotatable bonds is 6. The fourth-order valence-electron chi connectivity index (χ4n) is 7.78. The molecule has 5 nitrogen and oxygen atoms in total. The summed E-state index contributed by atoms with van der Waals surface area (Å²) in [5.41, 5.74) is 6.33. The first-order valence-electron chi connectivity index (χ1n) is 15.4. The summed E-state index contributed by atoms with van der Waals surface area (Å²) in [4.78, 5) is 46.5. The highest BCUT2D eigenvalue weighted by Crippen LogP contribution is 2.59. The maximum Gasteiger partial charge on any atom is 0.238 e. The Bertz CT molecular complexity index is 1840. The van der Waals surface area contributed by atoms with E-state index in [4.69, 9.17) is 0 Å². The average molecular weight is 581 g/mol. The summed E-state index contributed by atoms with van der Waals surface area (Å²) in [7, 11) is 0. The number of allylic oxidation sites excluding steroid dienone is 1. The molecule has 3 heterocycles. The molecule has 1 fully saturated rings. The molecule has 4 atom stereocenters. The number of fused-ring (bicyclic) bond motifs is 6. The van der Waals surface area contributed by atoms with Gasteiger partial charge >= 0.3 is 0 Å². The number of hydrogen-bond donors (Lipinski definition) is 1. The molecule has 0 radical (unpaired) electrons. The maximum absolute atomic E-state index is 15.1. The van der Waals surface area contributed by atoms with Crippen molar-refractivity contribution in [2.75, 3.05) is 10.2 Å². The van der Waals surface area contributed by atoms with Gasteiger partial charge in [0.05, 0.1) is 12.0 Å². The SMILES string of the molecule is CC1=C[C@@H]2N(c3ccc(C)cc31)[C@H](C(=O)c1ccccc1)[C@H](C(=O)c1ccc(CC(C)C)cc1)[C@@]21C(=O)Nc2ccccc21. The van der Waals surface area contributed by atoms with E-state index in [2.05, 4.69) is 43.1 Å². The number of carbonyl (C=O) groups excluding carboxylic acids is 3. The Morgan fingerprint density at radius 1 is 0.841 bits per heavy atom. The second kappa shape index (κ2) is 10.4. The Kier molecular flexibility index (Phi) is 6.65. The van der Waals surface area contributed by atoms with Crippen molar-refractivity contribution in [2.45, 2.75) is 51.6 Å². The maximum atomic E-state index is 15.1. The lowest BCUT2D eigenvalue weighted by Crippen LogP contribution is -2.51. The second-order valence-corrected chi connectivity index (χ2v) is 12.9. The molecule has 4 aromatic carbocycles. The minimum Gasteiger partial charge on any atom is -0.352 e. The van der Waals surface area contributed by atoms with E-state index in [1.807, 2.05) is 85.8 Å². The predicted octanol–water partition coefficient (Wildman–Crippen LogP) is 7.44. The Morgan fingerprint density at radius 3 is 2.25 bits per heavy atom. The van der Waals surface area contributed by atoms with Crippen LogP contribution < -0.4 is 10.2 Å². The Labute approximate surface area is 258 Å². The molecule has 0 saturated carbocycles. The van der Waals surface area contributed by atoms with Gasteiger partial charge in [0.25, 0.3) is 0 Å². The number of nitrogens with one attached hydrogen (secondary N) is 1. The van der Waals surface area contributed by atoms with Crippen LogP contribution in [-0.2, 0) is 16.6 Å². The number of nitrogens with zero attached hydrogens (tertiary/aromatic N) is 1. The zero-order chi connectivity index (χ0) is 30.7. The quantitative estimate of drug-likeness (QED) is 0.241. The largest absolute Gasteiger partial charge is 0.352 e. The van der Waals surface area contributed by atoms with Crippen LogP contribution in [0.1, 0.15) is 63.7 Å². The molecule has 0 aliphatic carbocycles. The predicted molar refractivity (Wildman–Crippen MR) is 175 cm³/mol. The van der Waals surface area contributed by atoms with E-state index in [-0.39, 0.29) is 17.5 Å². The topological polar surface area (TPSA) is 66.5 Å². The van der Waals surface area contributed by atoms with Crippen molar-refractivity contribution >= 4 is 34.4 Å². The standard InChI is InChI=1S/C39H36N2O3/c1-23(2)20-26-15-17-28(18-16-26)36(42)34-35(37(43)27-10-6-5-7-11-27)41-32-19-14-24(3)21-29(32)25(4)22-33(41)39(34)30-12-8-9-13-31(30)40-38(39)44/h5-19,21-23,33-35H,20H2,1-4H3,(H,40,44)/t33-,34+,35-,39-/m0/s1. The third-order valence-corrected chi connectivity index (χ3v) is 9.62. The van der Waals surface area contributed by atoms with Crippen molar-refractivity contribution in [3.05, 3.63) is 137 Å². The van der Waals surface area contributed by atoms with E-state index in [0.29, 0.717) is 22.7 Å². The van der Waals surface area contributed by atoms with Crippen LogP contribution in [0.25, 0.3) is 5.57 Å². The first kappa shape index (κ1) is 28.0. The summed E-state index contributed by atoms with van der Waals surface area (Å²) in [6.45, 7) is 8.44. The summed E-state index contributed by atoms with van der Waals surface area (Å²) in [5.74, 6) is -1.10. The van der Waals surface area contributed by atoms with Gasteiger partial charge in [-0.25, -0.2) is 0 Å². The van der Waals surface area contributed by atoms with Crippen molar-refractivity contribution in [2.24, 2.45) is 11.8 Å². The van der Waals surface area contributed by atoms with Gasteiger partial charge in [0.1, 0.15) is 11.5 Å². The first-order valence-corrected chi connectivity index (χ1v) is 15.4. The Morgan fingerprint density at radius 2 is 1.52 bits per heavy atom. The van der Waals surface area contributed by atoms with Gasteiger partial charge in [-0.1, -0.05) is 104 Å². The zero-order valence-corrected chi connectivity index (χ0v) is 25.5. The summed E-state index contributed by atoms with van der Waals surface area (Å²) in [5, 5.41) is 3.12.